The van der Waals surface area contributed by atoms with Gasteiger partial charge in [-0.05, 0) is 13.8 Å². The molecule has 8 nitrogen and oxygen atoms in total. The molecule has 0 unspecified atom stereocenters. The Labute approximate surface area is 144 Å². The molecule has 0 amide bonds. The summed E-state index contributed by atoms with van der Waals surface area (Å²) in [6, 6.07) is 0. The summed E-state index contributed by atoms with van der Waals surface area (Å²) in [4.78, 5) is 0. The van der Waals surface area contributed by atoms with E-state index in [4.69, 9.17) is 8.83 Å². The van der Waals surface area contributed by atoms with E-state index in [2.05, 4.69) is 30.6 Å². The molecule has 23 heavy (non-hydrogen) atoms. The van der Waals surface area contributed by atoms with Crippen LogP contribution in [-0.2, 0) is 0 Å². The third-order valence-corrected chi connectivity index (χ3v) is 5.99. The number of hydrogen-bond acceptors (Lipinski definition) is 11. The highest BCUT2D eigenvalue weighted by atomic mass is 32.2. The molecule has 0 saturated carbocycles. The zero-order valence-electron chi connectivity index (χ0n) is 12.9. The topological polar surface area (TPSA) is 104 Å². The fourth-order valence-corrected chi connectivity index (χ4v) is 5.02. The summed E-state index contributed by atoms with van der Waals surface area (Å²) >= 11 is 4.60. The lowest BCUT2D eigenvalue weighted by atomic mass is 10.5. The van der Waals surface area contributed by atoms with Gasteiger partial charge in [0.25, 0.3) is 0 Å². The number of hydrogen-bond donors (Lipinski definition) is 0. The van der Waals surface area contributed by atoms with Gasteiger partial charge in [-0.2, -0.15) is 0 Å². The normalized spacial score (nSPS) is 14.1. The molecule has 0 spiro atoms. The number of rotatable bonds is 6. The average Bonchev–Trinajstić information content (AvgIpc) is 3.21. The minimum Gasteiger partial charge on any atom is -0.424 e. The summed E-state index contributed by atoms with van der Waals surface area (Å²) in [6.45, 7) is 7.54. The fourth-order valence-electron chi connectivity index (χ4n) is 1.65. The lowest BCUT2D eigenvalue weighted by Gasteiger charge is -2.02. The van der Waals surface area contributed by atoms with Crippen LogP contribution in [0.25, 0.3) is 0 Å². The van der Waals surface area contributed by atoms with Gasteiger partial charge in [-0.15, -0.1) is 30.6 Å². The van der Waals surface area contributed by atoms with E-state index in [0.29, 0.717) is 23.6 Å². The molecule has 3 aromatic heterocycles. The predicted octanol–water partition coefficient (Wildman–Crippen LogP) is 3.63. The van der Waals surface area contributed by atoms with E-state index >= 15 is 0 Å². The van der Waals surface area contributed by atoms with E-state index in [1.54, 1.807) is 37.4 Å². The SMILES string of the molecule is Cc1nnc([C@@H](C)Sc2nnc(S[C@H](C)c3nnc(C)o3)s2)o1. The monoisotopic (exact) mass is 370 g/mol. The van der Waals surface area contributed by atoms with Gasteiger partial charge >= 0.3 is 0 Å². The van der Waals surface area contributed by atoms with Gasteiger partial charge < -0.3 is 8.83 Å². The van der Waals surface area contributed by atoms with Gasteiger partial charge in [0.1, 0.15) is 0 Å². The first kappa shape index (κ1) is 16.4. The molecule has 0 fully saturated rings. The van der Waals surface area contributed by atoms with Crippen LogP contribution >= 0.6 is 34.9 Å². The van der Waals surface area contributed by atoms with Crippen molar-refractivity contribution in [3.05, 3.63) is 23.6 Å². The van der Waals surface area contributed by atoms with Crippen molar-refractivity contribution >= 4 is 34.9 Å². The number of thioether (sulfide) groups is 2. The Morgan fingerprint density at radius 2 is 1.17 bits per heavy atom. The third-order valence-electron chi connectivity index (χ3n) is 2.72. The van der Waals surface area contributed by atoms with Crippen molar-refractivity contribution in [2.24, 2.45) is 0 Å². The van der Waals surface area contributed by atoms with E-state index in [1.165, 1.54) is 11.3 Å². The molecule has 0 saturated heterocycles. The van der Waals surface area contributed by atoms with Gasteiger partial charge in [0.15, 0.2) is 8.68 Å². The Hall–Kier alpha value is -1.46. The highest BCUT2D eigenvalue weighted by molar-refractivity contribution is 8.03. The molecule has 3 aromatic rings. The molecular weight excluding hydrogens is 356 g/mol. The van der Waals surface area contributed by atoms with Crippen molar-refractivity contribution in [3.63, 3.8) is 0 Å². The average molecular weight is 370 g/mol. The van der Waals surface area contributed by atoms with E-state index in [1.807, 2.05) is 13.8 Å². The first-order valence-corrected chi connectivity index (χ1v) is 9.35. The molecule has 0 bridgehead atoms. The summed E-state index contributed by atoms with van der Waals surface area (Å²) in [5, 5.41) is 24.2. The Balaban J connectivity index is 1.61. The highest BCUT2D eigenvalue weighted by Crippen LogP contribution is 2.41. The van der Waals surface area contributed by atoms with Crippen LogP contribution in [0, 0.1) is 13.8 Å². The maximum Gasteiger partial charge on any atom is 0.229 e. The van der Waals surface area contributed by atoms with E-state index < -0.39 is 0 Å². The van der Waals surface area contributed by atoms with Crippen LogP contribution in [0.4, 0.5) is 0 Å². The van der Waals surface area contributed by atoms with Crippen molar-refractivity contribution < 1.29 is 8.83 Å². The minimum atomic E-state index is 0.0259. The molecular formula is C12H14N6O2S3. The Bertz CT molecular complexity index is 722. The molecule has 122 valence electrons. The van der Waals surface area contributed by atoms with Crippen molar-refractivity contribution in [1.82, 2.24) is 30.6 Å². The summed E-state index contributed by atoms with van der Waals surface area (Å²) in [7, 11) is 0. The lowest BCUT2D eigenvalue weighted by molar-refractivity contribution is 0.469. The molecule has 0 aliphatic carbocycles. The summed E-state index contributed by atoms with van der Waals surface area (Å²) in [5.74, 6) is 2.30. The van der Waals surface area contributed by atoms with Crippen LogP contribution < -0.4 is 0 Å². The second-order valence-corrected chi connectivity index (χ2v) is 8.83. The van der Waals surface area contributed by atoms with E-state index in [9.17, 15) is 0 Å². The van der Waals surface area contributed by atoms with Crippen LogP contribution in [0.5, 0.6) is 0 Å². The number of aryl methyl sites for hydroxylation is 2. The van der Waals surface area contributed by atoms with Crippen LogP contribution in [0.3, 0.4) is 0 Å². The Morgan fingerprint density at radius 1 is 0.739 bits per heavy atom. The molecule has 11 heteroatoms. The first-order valence-electron chi connectivity index (χ1n) is 6.78. The Kier molecular flexibility index (Phi) is 4.97. The first-order chi connectivity index (χ1) is 11.0. The van der Waals surface area contributed by atoms with E-state index in [0.717, 1.165) is 8.68 Å². The number of nitrogens with zero attached hydrogens (tertiary/aromatic N) is 6. The van der Waals surface area contributed by atoms with Crippen LogP contribution in [-0.4, -0.2) is 30.6 Å². The van der Waals surface area contributed by atoms with Crippen molar-refractivity contribution in [3.8, 4) is 0 Å². The highest BCUT2D eigenvalue weighted by Gasteiger charge is 2.20. The molecule has 0 aromatic carbocycles. The summed E-state index contributed by atoms with van der Waals surface area (Å²) in [6.07, 6.45) is 0. The number of aromatic nitrogens is 6. The summed E-state index contributed by atoms with van der Waals surface area (Å²) < 4.78 is 12.6. The molecule has 2 atom stereocenters. The van der Waals surface area contributed by atoms with Gasteiger partial charge in [0.2, 0.25) is 23.6 Å². The molecule has 0 radical (unpaired) electrons. The summed E-state index contributed by atoms with van der Waals surface area (Å²) in [5.41, 5.74) is 0. The van der Waals surface area contributed by atoms with E-state index in [-0.39, 0.29) is 10.5 Å². The van der Waals surface area contributed by atoms with Crippen LogP contribution in [0.2, 0.25) is 0 Å². The standard InChI is InChI=1S/C12H14N6O2S3/c1-5(9-15-13-7(3)19-9)21-11-17-18-12(23-11)22-6(2)10-16-14-8(4)20-10/h5-6H,1-4H3/t5-,6-/m1/s1. The third kappa shape index (κ3) is 4.09. The second kappa shape index (κ2) is 6.97. The maximum atomic E-state index is 5.43. The molecule has 0 aliphatic rings. The minimum absolute atomic E-state index is 0.0259. The van der Waals surface area contributed by atoms with Crippen molar-refractivity contribution in [1.29, 1.82) is 0 Å². The van der Waals surface area contributed by atoms with Crippen molar-refractivity contribution in [2.45, 2.75) is 46.9 Å². The van der Waals surface area contributed by atoms with Gasteiger partial charge in [-0.25, -0.2) is 0 Å². The molecule has 3 heterocycles. The molecule has 3 rings (SSSR count). The van der Waals surface area contributed by atoms with Gasteiger partial charge in [0.05, 0.1) is 10.5 Å². The Morgan fingerprint density at radius 3 is 1.52 bits per heavy atom. The van der Waals surface area contributed by atoms with Gasteiger partial charge in [-0.1, -0.05) is 34.9 Å². The van der Waals surface area contributed by atoms with Gasteiger partial charge in [0, 0.05) is 13.8 Å². The van der Waals surface area contributed by atoms with Crippen LogP contribution in [0.1, 0.15) is 47.9 Å². The zero-order valence-corrected chi connectivity index (χ0v) is 15.3. The molecule has 0 N–H and O–H groups in total. The zero-order chi connectivity index (χ0) is 16.4. The fraction of sp³-hybridized carbons (Fsp3) is 0.500. The second-order valence-electron chi connectivity index (χ2n) is 4.67. The maximum absolute atomic E-state index is 5.43. The van der Waals surface area contributed by atoms with Crippen molar-refractivity contribution in [2.75, 3.05) is 0 Å². The quantitative estimate of drug-likeness (QED) is 0.597. The molecule has 0 aliphatic heterocycles. The van der Waals surface area contributed by atoms with Crippen LogP contribution in [0.15, 0.2) is 17.5 Å². The smallest absolute Gasteiger partial charge is 0.229 e. The largest absolute Gasteiger partial charge is 0.424 e. The predicted molar refractivity (Wildman–Crippen MR) is 86.5 cm³/mol. The van der Waals surface area contributed by atoms with Gasteiger partial charge in [-0.3, -0.25) is 0 Å². The lowest BCUT2D eigenvalue weighted by Crippen LogP contribution is -1.88.